The van der Waals surface area contributed by atoms with E-state index in [2.05, 4.69) is 5.32 Å². The van der Waals surface area contributed by atoms with Crippen molar-refractivity contribution >= 4 is 17.6 Å². The minimum absolute atomic E-state index is 0.295. The van der Waals surface area contributed by atoms with Gasteiger partial charge in [0.15, 0.2) is 12.7 Å². The second-order valence-electron chi connectivity index (χ2n) is 5.66. The lowest BCUT2D eigenvalue weighted by atomic mass is 10.1. The summed E-state index contributed by atoms with van der Waals surface area (Å²) >= 11 is 0. The normalized spacial score (nSPS) is 11.5. The van der Waals surface area contributed by atoms with Crippen molar-refractivity contribution < 1.29 is 23.5 Å². The smallest absolute Gasteiger partial charge is 0.344 e. The summed E-state index contributed by atoms with van der Waals surface area (Å²) in [4.78, 5) is 23.8. The van der Waals surface area contributed by atoms with Crippen molar-refractivity contribution in [1.82, 2.24) is 0 Å². The van der Waals surface area contributed by atoms with Gasteiger partial charge in [-0.25, -0.2) is 9.18 Å². The van der Waals surface area contributed by atoms with Crippen LogP contribution in [0.3, 0.4) is 0 Å². The molecule has 132 valence electrons. The molecule has 0 heterocycles. The fourth-order valence-corrected chi connectivity index (χ4v) is 2.01. The van der Waals surface area contributed by atoms with Crippen LogP contribution in [0.2, 0.25) is 0 Å². The largest absolute Gasteiger partial charge is 0.482 e. The van der Waals surface area contributed by atoms with Gasteiger partial charge in [-0.1, -0.05) is 6.07 Å². The van der Waals surface area contributed by atoms with Crippen LogP contribution in [0.1, 0.15) is 18.1 Å². The summed E-state index contributed by atoms with van der Waals surface area (Å²) < 4.78 is 23.2. The molecule has 2 aromatic carbocycles. The Hall–Kier alpha value is -2.89. The number of rotatable bonds is 6. The summed E-state index contributed by atoms with van der Waals surface area (Å²) in [5, 5.41) is 2.54. The van der Waals surface area contributed by atoms with E-state index in [0.717, 1.165) is 11.1 Å². The van der Waals surface area contributed by atoms with E-state index in [1.807, 2.05) is 26.0 Å². The lowest BCUT2D eigenvalue weighted by Crippen LogP contribution is -2.31. The first-order valence-corrected chi connectivity index (χ1v) is 7.81. The monoisotopic (exact) mass is 345 g/mol. The standard InChI is InChI=1S/C19H20FNO4/c1-12-4-9-17(10-13(12)2)24-11-18(22)25-14(3)19(23)21-16-7-5-15(20)6-8-16/h4-10,14H,11H2,1-3H3,(H,21,23). The van der Waals surface area contributed by atoms with Crippen LogP contribution in [-0.4, -0.2) is 24.6 Å². The Labute approximate surface area is 145 Å². The molecule has 0 aromatic heterocycles. The van der Waals surface area contributed by atoms with E-state index in [4.69, 9.17) is 9.47 Å². The Morgan fingerprint density at radius 3 is 2.40 bits per heavy atom. The van der Waals surface area contributed by atoms with Crippen LogP contribution < -0.4 is 10.1 Å². The summed E-state index contributed by atoms with van der Waals surface area (Å²) in [6, 6.07) is 10.8. The van der Waals surface area contributed by atoms with Crippen molar-refractivity contribution in [3.8, 4) is 5.75 Å². The highest BCUT2D eigenvalue weighted by molar-refractivity contribution is 5.95. The molecule has 0 radical (unpaired) electrons. The molecule has 0 aliphatic rings. The maximum atomic E-state index is 12.8. The van der Waals surface area contributed by atoms with Crippen LogP contribution in [-0.2, 0) is 14.3 Å². The molecule has 0 fully saturated rings. The number of nitrogens with one attached hydrogen (secondary N) is 1. The maximum absolute atomic E-state index is 12.8. The lowest BCUT2D eigenvalue weighted by Gasteiger charge is -2.14. The van der Waals surface area contributed by atoms with E-state index >= 15 is 0 Å². The van der Waals surface area contributed by atoms with E-state index in [1.54, 1.807) is 6.07 Å². The molecule has 0 aliphatic heterocycles. The Morgan fingerprint density at radius 1 is 1.08 bits per heavy atom. The Morgan fingerprint density at radius 2 is 1.76 bits per heavy atom. The highest BCUT2D eigenvalue weighted by Crippen LogP contribution is 2.16. The molecule has 1 N–H and O–H groups in total. The first-order chi connectivity index (χ1) is 11.8. The van der Waals surface area contributed by atoms with E-state index in [9.17, 15) is 14.0 Å². The molecule has 5 nitrogen and oxygen atoms in total. The van der Waals surface area contributed by atoms with Crippen LogP contribution in [0, 0.1) is 19.7 Å². The number of esters is 1. The number of carbonyl (C=O) groups is 2. The molecule has 0 bridgehead atoms. The first-order valence-electron chi connectivity index (χ1n) is 7.81. The average Bonchev–Trinajstić information content (AvgIpc) is 2.58. The number of halogens is 1. The summed E-state index contributed by atoms with van der Waals surface area (Å²) in [5.74, 6) is -1.00. The molecule has 2 aromatic rings. The second-order valence-corrected chi connectivity index (χ2v) is 5.66. The molecule has 6 heteroatoms. The third-order valence-electron chi connectivity index (χ3n) is 3.62. The minimum atomic E-state index is -0.999. The number of benzene rings is 2. The third-order valence-corrected chi connectivity index (χ3v) is 3.62. The van der Waals surface area contributed by atoms with Crippen molar-refractivity contribution in [2.45, 2.75) is 26.9 Å². The molecule has 2 rings (SSSR count). The predicted octanol–water partition coefficient (Wildman–Crippen LogP) is 3.39. The Bertz CT molecular complexity index is 759. The van der Waals surface area contributed by atoms with Crippen molar-refractivity contribution in [3.05, 3.63) is 59.4 Å². The van der Waals surface area contributed by atoms with Crippen LogP contribution in [0.25, 0.3) is 0 Å². The fourth-order valence-electron chi connectivity index (χ4n) is 2.01. The summed E-state index contributed by atoms with van der Waals surface area (Å²) in [5.41, 5.74) is 2.60. The summed E-state index contributed by atoms with van der Waals surface area (Å²) in [7, 11) is 0. The van der Waals surface area contributed by atoms with Crippen LogP contribution >= 0.6 is 0 Å². The number of hydrogen-bond donors (Lipinski definition) is 1. The van der Waals surface area contributed by atoms with Crippen molar-refractivity contribution in [2.75, 3.05) is 11.9 Å². The molecule has 25 heavy (non-hydrogen) atoms. The number of ether oxygens (including phenoxy) is 2. The molecular weight excluding hydrogens is 325 g/mol. The number of aryl methyl sites for hydroxylation is 2. The quantitative estimate of drug-likeness (QED) is 0.815. The van der Waals surface area contributed by atoms with Gasteiger partial charge in [-0.3, -0.25) is 4.79 Å². The van der Waals surface area contributed by atoms with Gasteiger partial charge >= 0.3 is 5.97 Å². The van der Waals surface area contributed by atoms with Gasteiger partial charge in [-0.15, -0.1) is 0 Å². The van der Waals surface area contributed by atoms with Crippen LogP contribution in [0.5, 0.6) is 5.75 Å². The highest BCUT2D eigenvalue weighted by atomic mass is 19.1. The second kappa shape index (κ2) is 8.28. The zero-order chi connectivity index (χ0) is 18.4. The van der Waals surface area contributed by atoms with Gasteiger partial charge in [0.25, 0.3) is 5.91 Å². The van der Waals surface area contributed by atoms with Gasteiger partial charge < -0.3 is 14.8 Å². The van der Waals surface area contributed by atoms with Gasteiger partial charge in [-0.05, 0) is 68.3 Å². The van der Waals surface area contributed by atoms with Crippen molar-refractivity contribution in [2.24, 2.45) is 0 Å². The summed E-state index contributed by atoms with van der Waals surface area (Å²) in [6.45, 7) is 5.08. The average molecular weight is 345 g/mol. The summed E-state index contributed by atoms with van der Waals surface area (Å²) in [6.07, 6.45) is -0.999. The lowest BCUT2D eigenvalue weighted by molar-refractivity contribution is -0.155. The van der Waals surface area contributed by atoms with Crippen molar-refractivity contribution in [1.29, 1.82) is 0 Å². The molecule has 0 spiro atoms. The highest BCUT2D eigenvalue weighted by Gasteiger charge is 2.18. The molecule has 0 aliphatic carbocycles. The van der Waals surface area contributed by atoms with E-state index in [0.29, 0.717) is 11.4 Å². The van der Waals surface area contributed by atoms with E-state index in [-0.39, 0.29) is 6.61 Å². The zero-order valence-electron chi connectivity index (χ0n) is 14.3. The Kier molecular flexibility index (Phi) is 6.11. The first kappa shape index (κ1) is 18.4. The number of amides is 1. The maximum Gasteiger partial charge on any atom is 0.344 e. The predicted molar refractivity (Wildman–Crippen MR) is 92.0 cm³/mol. The van der Waals surface area contributed by atoms with Gasteiger partial charge in [-0.2, -0.15) is 0 Å². The van der Waals surface area contributed by atoms with Gasteiger partial charge in [0.1, 0.15) is 11.6 Å². The minimum Gasteiger partial charge on any atom is -0.482 e. The number of anilines is 1. The van der Waals surface area contributed by atoms with E-state index in [1.165, 1.54) is 31.2 Å². The van der Waals surface area contributed by atoms with Crippen molar-refractivity contribution in [3.63, 3.8) is 0 Å². The molecule has 0 saturated carbocycles. The van der Waals surface area contributed by atoms with Gasteiger partial charge in [0, 0.05) is 5.69 Å². The molecule has 1 atom stereocenters. The molecule has 1 amide bonds. The molecular formula is C19H20FNO4. The third kappa shape index (κ3) is 5.60. The topological polar surface area (TPSA) is 64.6 Å². The SMILES string of the molecule is Cc1ccc(OCC(=O)OC(C)C(=O)Nc2ccc(F)cc2)cc1C. The number of carbonyl (C=O) groups excluding carboxylic acids is 2. The fraction of sp³-hybridized carbons (Fsp3) is 0.263. The van der Waals surface area contributed by atoms with Crippen LogP contribution in [0.4, 0.5) is 10.1 Å². The van der Waals surface area contributed by atoms with E-state index < -0.39 is 23.8 Å². The number of hydrogen-bond acceptors (Lipinski definition) is 4. The molecule has 1 unspecified atom stereocenters. The molecule has 0 saturated heterocycles. The Balaban J connectivity index is 1.81. The van der Waals surface area contributed by atoms with Crippen LogP contribution in [0.15, 0.2) is 42.5 Å². The van der Waals surface area contributed by atoms with Gasteiger partial charge in [0.2, 0.25) is 0 Å². The zero-order valence-corrected chi connectivity index (χ0v) is 14.3. The van der Waals surface area contributed by atoms with Gasteiger partial charge in [0.05, 0.1) is 0 Å².